The molecule has 43 heavy (non-hydrogen) atoms. The molecule has 3 nitrogen and oxygen atoms in total. The fourth-order valence-electron chi connectivity index (χ4n) is 5.46. The van der Waals surface area contributed by atoms with Gasteiger partial charge in [0.15, 0.2) is 0 Å². The SMILES string of the molecule is CCCCCCn1c2ccc(C=Cc3ccc(OCCC)cc3)cc2c2cc(C=Cc3ccc(OCCC)cc3)ccc21. The lowest BCUT2D eigenvalue weighted by atomic mass is 10.1. The highest BCUT2D eigenvalue weighted by Gasteiger charge is 2.11. The maximum atomic E-state index is 5.74. The first-order valence-electron chi connectivity index (χ1n) is 16.1. The first-order chi connectivity index (χ1) is 21.2. The van der Waals surface area contributed by atoms with Gasteiger partial charge in [0, 0.05) is 28.4 Å². The second-order valence-corrected chi connectivity index (χ2v) is 11.3. The van der Waals surface area contributed by atoms with E-state index in [-0.39, 0.29) is 0 Å². The number of hydrogen-bond acceptors (Lipinski definition) is 2. The predicted octanol–water partition coefficient (Wildman–Crippen LogP) is 11.3. The van der Waals surface area contributed by atoms with Gasteiger partial charge in [-0.3, -0.25) is 0 Å². The molecular formula is C40H45NO2. The number of aryl methyl sites for hydroxylation is 1. The van der Waals surface area contributed by atoms with Gasteiger partial charge in [0.05, 0.1) is 13.2 Å². The molecule has 3 heteroatoms. The van der Waals surface area contributed by atoms with Crippen LogP contribution >= 0.6 is 0 Å². The minimum atomic E-state index is 0.751. The van der Waals surface area contributed by atoms with E-state index in [0.717, 1.165) is 44.1 Å². The standard InChI is InChI=1S/C40H45NO2/c1-4-7-8-9-26-41-39-24-18-33(12-10-31-14-20-35(21-15-31)42-27-5-2)29-37(39)38-30-34(19-25-40(38)41)13-11-32-16-22-36(23-17-32)43-28-6-3/h10-25,29-30H,4-9,26-28H2,1-3H3. The lowest BCUT2D eigenvalue weighted by molar-refractivity contribution is 0.317. The van der Waals surface area contributed by atoms with Crippen molar-refractivity contribution in [1.82, 2.24) is 4.57 Å². The molecule has 222 valence electrons. The summed E-state index contributed by atoms with van der Waals surface area (Å²) in [4.78, 5) is 0. The summed E-state index contributed by atoms with van der Waals surface area (Å²) in [6.07, 6.45) is 15.8. The average Bonchev–Trinajstić information content (AvgIpc) is 3.35. The van der Waals surface area contributed by atoms with E-state index >= 15 is 0 Å². The number of benzene rings is 4. The normalized spacial score (nSPS) is 11.8. The lowest BCUT2D eigenvalue weighted by Gasteiger charge is -2.08. The molecule has 1 heterocycles. The van der Waals surface area contributed by atoms with Gasteiger partial charge in [-0.25, -0.2) is 0 Å². The molecule has 0 fully saturated rings. The first-order valence-corrected chi connectivity index (χ1v) is 16.1. The number of nitrogens with zero attached hydrogens (tertiary/aromatic N) is 1. The zero-order valence-electron chi connectivity index (χ0n) is 26.0. The fourth-order valence-corrected chi connectivity index (χ4v) is 5.46. The number of fused-ring (bicyclic) bond motifs is 3. The molecule has 0 spiro atoms. The van der Waals surface area contributed by atoms with Gasteiger partial charge in [-0.1, -0.05) is 101 Å². The zero-order valence-corrected chi connectivity index (χ0v) is 26.0. The van der Waals surface area contributed by atoms with Crippen LogP contribution in [0.1, 0.15) is 81.5 Å². The molecular weight excluding hydrogens is 526 g/mol. The van der Waals surface area contributed by atoms with Crippen molar-refractivity contribution < 1.29 is 9.47 Å². The van der Waals surface area contributed by atoms with Crippen LogP contribution in [0.25, 0.3) is 46.1 Å². The maximum absolute atomic E-state index is 5.74. The van der Waals surface area contributed by atoms with Crippen LogP contribution < -0.4 is 9.47 Å². The Labute approximate surface area is 257 Å². The van der Waals surface area contributed by atoms with E-state index in [2.05, 4.69) is 110 Å². The third-order valence-electron chi connectivity index (χ3n) is 7.79. The van der Waals surface area contributed by atoms with Crippen LogP contribution in [0.3, 0.4) is 0 Å². The van der Waals surface area contributed by atoms with Gasteiger partial charge < -0.3 is 14.0 Å². The summed E-state index contributed by atoms with van der Waals surface area (Å²) >= 11 is 0. The van der Waals surface area contributed by atoms with E-state index in [1.165, 1.54) is 69.7 Å². The summed E-state index contributed by atoms with van der Waals surface area (Å²) in [5.74, 6) is 1.85. The molecule has 0 bridgehead atoms. The van der Waals surface area contributed by atoms with Crippen molar-refractivity contribution in [1.29, 1.82) is 0 Å². The van der Waals surface area contributed by atoms with Crippen molar-refractivity contribution >= 4 is 46.1 Å². The average molecular weight is 572 g/mol. The van der Waals surface area contributed by atoms with E-state index in [9.17, 15) is 0 Å². The highest BCUT2D eigenvalue weighted by Crippen LogP contribution is 2.32. The van der Waals surface area contributed by atoms with E-state index in [1.807, 2.05) is 24.3 Å². The quantitative estimate of drug-likeness (QED) is 0.0921. The molecule has 4 aromatic carbocycles. The highest BCUT2D eigenvalue weighted by atomic mass is 16.5. The Bertz CT molecular complexity index is 1540. The van der Waals surface area contributed by atoms with Crippen molar-refractivity contribution in [2.75, 3.05) is 13.2 Å². The van der Waals surface area contributed by atoms with E-state index < -0.39 is 0 Å². The highest BCUT2D eigenvalue weighted by molar-refractivity contribution is 6.09. The maximum Gasteiger partial charge on any atom is 0.119 e. The largest absolute Gasteiger partial charge is 0.494 e. The van der Waals surface area contributed by atoms with Crippen molar-refractivity contribution in [2.24, 2.45) is 0 Å². The van der Waals surface area contributed by atoms with Crippen molar-refractivity contribution in [3.8, 4) is 11.5 Å². The molecule has 5 aromatic rings. The zero-order chi connectivity index (χ0) is 29.9. The Morgan fingerprint density at radius 1 is 0.488 bits per heavy atom. The first kappa shape index (κ1) is 30.2. The topological polar surface area (TPSA) is 23.4 Å². The van der Waals surface area contributed by atoms with Crippen LogP contribution in [0.15, 0.2) is 84.9 Å². The lowest BCUT2D eigenvalue weighted by Crippen LogP contribution is -1.97. The van der Waals surface area contributed by atoms with Crippen LogP contribution in [0, 0.1) is 0 Å². The van der Waals surface area contributed by atoms with Crippen molar-refractivity contribution in [3.05, 3.63) is 107 Å². The summed E-state index contributed by atoms with van der Waals surface area (Å²) in [5.41, 5.74) is 7.36. The summed E-state index contributed by atoms with van der Waals surface area (Å²) in [7, 11) is 0. The number of hydrogen-bond donors (Lipinski definition) is 0. The van der Waals surface area contributed by atoms with Crippen LogP contribution in [0.2, 0.25) is 0 Å². The molecule has 0 aliphatic rings. The molecule has 0 atom stereocenters. The molecule has 0 aliphatic carbocycles. The summed E-state index contributed by atoms with van der Waals surface area (Å²) < 4.78 is 14.0. The van der Waals surface area contributed by atoms with Crippen LogP contribution in [0.4, 0.5) is 0 Å². The van der Waals surface area contributed by atoms with Gasteiger partial charge in [-0.05, 0) is 90.0 Å². The van der Waals surface area contributed by atoms with Gasteiger partial charge in [0.25, 0.3) is 0 Å². The number of ether oxygens (including phenoxy) is 2. The Balaban J connectivity index is 1.43. The predicted molar refractivity (Wildman–Crippen MR) is 186 cm³/mol. The third kappa shape index (κ3) is 7.99. The number of aromatic nitrogens is 1. The Morgan fingerprint density at radius 3 is 1.37 bits per heavy atom. The van der Waals surface area contributed by atoms with Gasteiger partial charge in [-0.15, -0.1) is 0 Å². The van der Waals surface area contributed by atoms with Crippen molar-refractivity contribution in [2.45, 2.75) is 65.8 Å². The molecule has 0 N–H and O–H groups in total. The molecule has 0 amide bonds. The summed E-state index contributed by atoms with van der Waals surface area (Å²) in [6.45, 7) is 9.07. The molecule has 5 rings (SSSR count). The smallest absolute Gasteiger partial charge is 0.119 e. The molecule has 0 saturated heterocycles. The second-order valence-electron chi connectivity index (χ2n) is 11.3. The summed E-state index contributed by atoms with van der Waals surface area (Å²) in [6, 6.07) is 30.4. The van der Waals surface area contributed by atoms with Gasteiger partial charge in [0.1, 0.15) is 11.5 Å². The second kappa shape index (κ2) is 15.3. The van der Waals surface area contributed by atoms with Crippen LogP contribution in [-0.4, -0.2) is 17.8 Å². The number of rotatable bonds is 15. The molecule has 0 unspecified atom stereocenters. The van der Waals surface area contributed by atoms with E-state index in [1.54, 1.807) is 0 Å². The van der Waals surface area contributed by atoms with Crippen LogP contribution in [0.5, 0.6) is 11.5 Å². The monoisotopic (exact) mass is 571 g/mol. The Kier molecular flexibility index (Phi) is 10.8. The van der Waals surface area contributed by atoms with Gasteiger partial charge >= 0.3 is 0 Å². The summed E-state index contributed by atoms with van der Waals surface area (Å²) in [5, 5.41) is 2.62. The minimum absolute atomic E-state index is 0.751. The fraction of sp³-hybridized carbons (Fsp3) is 0.300. The van der Waals surface area contributed by atoms with Crippen LogP contribution in [-0.2, 0) is 6.54 Å². The molecule has 0 radical (unpaired) electrons. The van der Waals surface area contributed by atoms with E-state index in [0.29, 0.717) is 0 Å². The van der Waals surface area contributed by atoms with Gasteiger partial charge in [0.2, 0.25) is 0 Å². The number of unbranched alkanes of at least 4 members (excludes halogenated alkanes) is 3. The van der Waals surface area contributed by atoms with Gasteiger partial charge in [-0.2, -0.15) is 0 Å². The Morgan fingerprint density at radius 2 is 0.930 bits per heavy atom. The molecule has 1 aromatic heterocycles. The third-order valence-corrected chi connectivity index (χ3v) is 7.79. The molecule has 0 aliphatic heterocycles. The van der Waals surface area contributed by atoms with E-state index in [4.69, 9.17) is 9.47 Å². The molecule has 0 saturated carbocycles. The Hall–Kier alpha value is -4.24. The minimum Gasteiger partial charge on any atom is -0.494 e. The van der Waals surface area contributed by atoms with Crippen molar-refractivity contribution in [3.63, 3.8) is 0 Å².